The molecule has 1 aromatic carbocycles. The van der Waals surface area contributed by atoms with E-state index in [9.17, 15) is 9.59 Å². The molecule has 0 aromatic heterocycles. The quantitative estimate of drug-likeness (QED) is 0.665. The van der Waals surface area contributed by atoms with Gasteiger partial charge in [0, 0.05) is 16.5 Å². The number of hydrogen-bond donors (Lipinski definition) is 3. The summed E-state index contributed by atoms with van der Waals surface area (Å²) in [5, 5.41) is 26.0. The van der Waals surface area contributed by atoms with Crippen molar-refractivity contribution in [2.24, 2.45) is 0 Å². The molecule has 0 aliphatic rings. The molecule has 1 aromatic rings. The van der Waals surface area contributed by atoms with Crippen molar-refractivity contribution in [3.8, 4) is 5.75 Å². The second kappa shape index (κ2) is 4.62. The molecule has 0 amide bonds. The van der Waals surface area contributed by atoms with E-state index in [1.165, 1.54) is 0 Å². The van der Waals surface area contributed by atoms with Crippen LogP contribution >= 0.6 is 0 Å². The van der Waals surface area contributed by atoms with Gasteiger partial charge in [-0.15, -0.1) is 0 Å². The maximum absolute atomic E-state index is 10.4. The standard InChI is InChI=1S/C8H6O5.Ni/c9-6-3-4(7(10)11)1-2-5(6)8(12)13;/h1-3,9H,(H,10,11)(H,12,13);. The van der Waals surface area contributed by atoms with Gasteiger partial charge in [-0.05, 0) is 18.2 Å². The summed E-state index contributed by atoms with van der Waals surface area (Å²) in [5.41, 5.74) is -0.465. The summed E-state index contributed by atoms with van der Waals surface area (Å²) in [7, 11) is 0. The smallest absolute Gasteiger partial charge is 0.339 e. The Morgan fingerprint density at radius 3 is 2.00 bits per heavy atom. The summed E-state index contributed by atoms with van der Waals surface area (Å²) >= 11 is 0. The third-order valence-electron chi connectivity index (χ3n) is 1.48. The van der Waals surface area contributed by atoms with Crippen molar-refractivity contribution >= 4 is 11.9 Å². The molecule has 0 spiro atoms. The van der Waals surface area contributed by atoms with Gasteiger partial charge in [-0.1, -0.05) is 0 Å². The van der Waals surface area contributed by atoms with Gasteiger partial charge in [0.1, 0.15) is 11.3 Å². The van der Waals surface area contributed by atoms with Crippen LogP contribution < -0.4 is 0 Å². The van der Waals surface area contributed by atoms with E-state index in [0.29, 0.717) is 0 Å². The summed E-state index contributed by atoms with van der Waals surface area (Å²) in [6.07, 6.45) is 0. The first-order valence-corrected chi connectivity index (χ1v) is 3.32. The van der Waals surface area contributed by atoms with Gasteiger partial charge in [0.2, 0.25) is 0 Å². The fraction of sp³-hybridized carbons (Fsp3) is 0. The van der Waals surface area contributed by atoms with Gasteiger partial charge in [-0.25, -0.2) is 9.59 Å². The number of aromatic carboxylic acids is 2. The third-order valence-corrected chi connectivity index (χ3v) is 1.48. The van der Waals surface area contributed by atoms with Crippen molar-refractivity contribution in [1.29, 1.82) is 0 Å². The van der Waals surface area contributed by atoms with E-state index in [0.717, 1.165) is 18.2 Å². The molecule has 6 heteroatoms. The van der Waals surface area contributed by atoms with Crippen molar-refractivity contribution in [3.63, 3.8) is 0 Å². The summed E-state index contributed by atoms with van der Waals surface area (Å²) in [5.74, 6) is -3.06. The van der Waals surface area contributed by atoms with Crippen molar-refractivity contribution in [3.05, 3.63) is 29.3 Å². The molecule has 78 valence electrons. The average molecular weight is 241 g/mol. The zero-order chi connectivity index (χ0) is 10.0. The van der Waals surface area contributed by atoms with E-state index in [-0.39, 0.29) is 27.6 Å². The van der Waals surface area contributed by atoms with Gasteiger partial charge in [-0.2, -0.15) is 0 Å². The van der Waals surface area contributed by atoms with E-state index in [1.807, 2.05) is 0 Å². The molecule has 0 heterocycles. The zero-order valence-corrected chi connectivity index (χ0v) is 7.69. The second-order valence-corrected chi connectivity index (χ2v) is 2.34. The molecule has 0 bridgehead atoms. The molecule has 0 aliphatic heterocycles. The summed E-state index contributed by atoms with van der Waals surface area (Å²) < 4.78 is 0. The Labute approximate surface area is 88.9 Å². The van der Waals surface area contributed by atoms with Gasteiger partial charge in [-0.3, -0.25) is 0 Å². The number of carboxylic acids is 2. The molecule has 14 heavy (non-hydrogen) atoms. The van der Waals surface area contributed by atoms with Gasteiger partial charge >= 0.3 is 11.9 Å². The Morgan fingerprint density at radius 2 is 1.64 bits per heavy atom. The minimum Gasteiger partial charge on any atom is -0.507 e. The van der Waals surface area contributed by atoms with Crippen molar-refractivity contribution in [2.45, 2.75) is 0 Å². The molecule has 0 atom stereocenters. The second-order valence-electron chi connectivity index (χ2n) is 2.34. The van der Waals surface area contributed by atoms with Crippen LogP contribution in [0.1, 0.15) is 20.7 Å². The van der Waals surface area contributed by atoms with E-state index in [4.69, 9.17) is 15.3 Å². The van der Waals surface area contributed by atoms with Crippen LogP contribution in [0.3, 0.4) is 0 Å². The Kier molecular flexibility index (Phi) is 4.11. The molecular weight excluding hydrogens is 235 g/mol. The summed E-state index contributed by atoms with van der Waals surface area (Å²) in [4.78, 5) is 20.8. The van der Waals surface area contributed by atoms with E-state index in [1.54, 1.807) is 0 Å². The fourth-order valence-corrected chi connectivity index (χ4v) is 0.846. The van der Waals surface area contributed by atoms with Crippen molar-refractivity contribution in [1.82, 2.24) is 0 Å². The molecule has 0 saturated carbocycles. The fourth-order valence-electron chi connectivity index (χ4n) is 0.846. The van der Waals surface area contributed by atoms with Crippen molar-refractivity contribution < 1.29 is 41.4 Å². The average Bonchev–Trinajstić information content (AvgIpc) is 2.03. The largest absolute Gasteiger partial charge is 0.507 e. The monoisotopic (exact) mass is 240 g/mol. The van der Waals surface area contributed by atoms with E-state index in [2.05, 4.69) is 0 Å². The predicted octanol–water partition coefficient (Wildman–Crippen LogP) is 0.786. The molecule has 5 nitrogen and oxygen atoms in total. The van der Waals surface area contributed by atoms with E-state index >= 15 is 0 Å². The van der Waals surface area contributed by atoms with Crippen LogP contribution in [-0.2, 0) is 16.5 Å². The number of hydrogen-bond acceptors (Lipinski definition) is 3. The molecule has 0 unspecified atom stereocenters. The summed E-state index contributed by atoms with van der Waals surface area (Å²) in [6.45, 7) is 0. The minimum absolute atomic E-state index is 0. The molecule has 3 N–H and O–H groups in total. The molecule has 1 rings (SSSR count). The maximum atomic E-state index is 10.4. The first-order chi connectivity index (χ1) is 6.02. The SMILES string of the molecule is O=C(O)c1ccc(C(=O)O)c(O)c1.[Ni]. The van der Waals surface area contributed by atoms with Crippen LogP contribution in [0.4, 0.5) is 0 Å². The van der Waals surface area contributed by atoms with Crippen molar-refractivity contribution in [2.75, 3.05) is 0 Å². The van der Waals surface area contributed by atoms with Crippen LogP contribution in [0.2, 0.25) is 0 Å². The molecule has 0 radical (unpaired) electrons. The Bertz CT molecular complexity index is 374. The minimum atomic E-state index is -1.30. The molecule has 0 aliphatic carbocycles. The maximum Gasteiger partial charge on any atom is 0.339 e. The van der Waals surface area contributed by atoms with Gasteiger partial charge in [0.15, 0.2) is 0 Å². The number of benzene rings is 1. The van der Waals surface area contributed by atoms with Gasteiger partial charge in [0.25, 0.3) is 0 Å². The Hall–Kier alpha value is -1.55. The van der Waals surface area contributed by atoms with E-state index < -0.39 is 17.7 Å². The normalized spacial score (nSPS) is 8.86. The molecule has 0 fully saturated rings. The Balaban J connectivity index is 0.00000169. The zero-order valence-electron chi connectivity index (χ0n) is 6.71. The topological polar surface area (TPSA) is 94.8 Å². The Morgan fingerprint density at radius 1 is 1.07 bits per heavy atom. The first-order valence-electron chi connectivity index (χ1n) is 3.32. The summed E-state index contributed by atoms with van der Waals surface area (Å²) in [6, 6.07) is 3.05. The predicted molar refractivity (Wildman–Crippen MR) is 42.0 cm³/mol. The number of phenols is 1. The van der Waals surface area contributed by atoms with Crippen LogP contribution in [-0.4, -0.2) is 27.3 Å². The van der Waals surface area contributed by atoms with Crippen LogP contribution in [0.15, 0.2) is 18.2 Å². The number of aromatic hydroxyl groups is 1. The van der Waals surface area contributed by atoms with Crippen LogP contribution in [0.5, 0.6) is 5.75 Å². The first kappa shape index (κ1) is 12.5. The van der Waals surface area contributed by atoms with Crippen LogP contribution in [0, 0.1) is 0 Å². The van der Waals surface area contributed by atoms with Gasteiger partial charge < -0.3 is 15.3 Å². The number of rotatable bonds is 2. The number of carboxylic acid groups (broad SMARTS) is 2. The van der Waals surface area contributed by atoms with Crippen LogP contribution in [0.25, 0.3) is 0 Å². The third kappa shape index (κ3) is 2.47. The molecule has 0 saturated heterocycles. The number of carbonyl (C=O) groups is 2. The molecular formula is C8H6NiO5. The van der Waals surface area contributed by atoms with Gasteiger partial charge in [0.05, 0.1) is 5.56 Å².